The molecule has 0 radical (unpaired) electrons. The fraction of sp³-hybridized carbons (Fsp3) is 0.259. The summed E-state index contributed by atoms with van der Waals surface area (Å²) in [7, 11) is 0. The van der Waals surface area contributed by atoms with Crippen LogP contribution in [-0.2, 0) is 22.6 Å². The normalized spacial score (nSPS) is 11.5. The molecule has 1 unspecified atom stereocenters. The highest BCUT2D eigenvalue weighted by Crippen LogP contribution is 2.24. The number of halogens is 2. The Kier molecular flexibility index (Phi) is 9.80. The van der Waals surface area contributed by atoms with Crippen molar-refractivity contribution >= 4 is 35.0 Å². The van der Waals surface area contributed by atoms with E-state index in [9.17, 15) is 9.59 Å². The van der Waals surface area contributed by atoms with Crippen LogP contribution in [0.15, 0.2) is 78.9 Å². The van der Waals surface area contributed by atoms with Crippen LogP contribution in [0.5, 0.6) is 5.75 Å². The SMILES string of the molecule is CCCNC(=O)C(Cc1ccccc1)N(Cc1ccc(Cl)cc1Cl)C(=O)COc1ccccc1. The maximum atomic E-state index is 13.5. The summed E-state index contributed by atoms with van der Waals surface area (Å²) in [6.45, 7) is 2.44. The number of nitrogens with zero attached hydrogens (tertiary/aromatic N) is 1. The van der Waals surface area contributed by atoms with Gasteiger partial charge in [-0.3, -0.25) is 9.59 Å². The fourth-order valence-corrected chi connectivity index (χ4v) is 3.97. The van der Waals surface area contributed by atoms with E-state index >= 15 is 0 Å². The van der Waals surface area contributed by atoms with Crippen molar-refractivity contribution in [1.29, 1.82) is 0 Å². The number of carbonyl (C=O) groups is 2. The summed E-state index contributed by atoms with van der Waals surface area (Å²) in [6.07, 6.45) is 1.15. The van der Waals surface area contributed by atoms with E-state index in [-0.39, 0.29) is 25.0 Å². The van der Waals surface area contributed by atoms with E-state index in [4.69, 9.17) is 27.9 Å². The van der Waals surface area contributed by atoms with Gasteiger partial charge in [-0.2, -0.15) is 0 Å². The standard InChI is InChI=1S/C27H28Cl2N2O3/c1-2-15-30-27(33)25(16-20-9-5-3-6-10-20)31(18-21-13-14-22(28)17-24(21)29)26(32)19-34-23-11-7-4-8-12-23/h3-14,17,25H,2,15-16,18-19H2,1H3,(H,30,33). The maximum absolute atomic E-state index is 13.5. The quantitative estimate of drug-likeness (QED) is 0.377. The molecule has 3 aromatic rings. The van der Waals surface area contributed by atoms with Gasteiger partial charge < -0.3 is 15.0 Å². The Morgan fingerprint density at radius 1 is 0.971 bits per heavy atom. The lowest BCUT2D eigenvalue weighted by Crippen LogP contribution is -2.51. The smallest absolute Gasteiger partial charge is 0.261 e. The predicted octanol–water partition coefficient (Wildman–Crippen LogP) is 5.54. The number of benzene rings is 3. The van der Waals surface area contributed by atoms with Crippen LogP contribution >= 0.6 is 23.2 Å². The van der Waals surface area contributed by atoms with E-state index in [0.717, 1.165) is 12.0 Å². The Balaban J connectivity index is 1.91. The molecule has 3 rings (SSSR count). The topological polar surface area (TPSA) is 58.6 Å². The highest BCUT2D eigenvalue weighted by Gasteiger charge is 2.31. The third-order valence-corrected chi connectivity index (χ3v) is 5.87. The zero-order valence-electron chi connectivity index (χ0n) is 19.0. The van der Waals surface area contributed by atoms with Gasteiger partial charge in [-0.15, -0.1) is 0 Å². The van der Waals surface area contributed by atoms with Gasteiger partial charge in [0.1, 0.15) is 11.8 Å². The summed E-state index contributed by atoms with van der Waals surface area (Å²) in [5, 5.41) is 3.88. The maximum Gasteiger partial charge on any atom is 0.261 e. The van der Waals surface area contributed by atoms with Gasteiger partial charge in [-0.1, -0.05) is 84.7 Å². The average Bonchev–Trinajstić information content (AvgIpc) is 2.85. The number of carbonyl (C=O) groups excluding carboxylic acids is 2. The van der Waals surface area contributed by atoms with Gasteiger partial charge in [0.15, 0.2) is 6.61 Å². The highest BCUT2D eigenvalue weighted by atomic mass is 35.5. The first kappa shape index (κ1) is 25.6. The fourth-order valence-electron chi connectivity index (χ4n) is 3.50. The Morgan fingerprint density at radius 3 is 2.29 bits per heavy atom. The second-order valence-corrected chi connectivity index (χ2v) is 8.70. The van der Waals surface area contributed by atoms with E-state index in [0.29, 0.717) is 34.3 Å². The summed E-state index contributed by atoms with van der Waals surface area (Å²) in [4.78, 5) is 28.3. The van der Waals surface area contributed by atoms with Gasteiger partial charge in [-0.25, -0.2) is 0 Å². The molecule has 0 aliphatic rings. The first-order valence-corrected chi connectivity index (χ1v) is 12.0. The van der Waals surface area contributed by atoms with Gasteiger partial charge >= 0.3 is 0 Å². The molecule has 1 N–H and O–H groups in total. The van der Waals surface area contributed by atoms with Crippen molar-refractivity contribution in [3.63, 3.8) is 0 Å². The lowest BCUT2D eigenvalue weighted by Gasteiger charge is -2.31. The third kappa shape index (κ3) is 7.51. The predicted molar refractivity (Wildman–Crippen MR) is 136 cm³/mol. The molecular weight excluding hydrogens is 471 g/mol. The molecule has 5 nitrogen and oxygen atoms in total. The molecule has 0 fully saturated rings. The lowest BCUT2D eigenvalue weighted by molar-refractivity contribution is -0.142. The van der Waals surface area contributed by atoms with Gasteiger partial charge in [0, 0.05) is 29.6 Å². The zero-order valence-corrected chi connectivity index (χ0v) is 20.6. The summed E-state index contributed by atoms with van der Waals surface area (Å²) < 4.78 is 5.72. The molecule has 7 heteroatoms. The van der Waals surface area contributed by atoms with Crippen LogP contribution in [0.4, 0.5) is 0 Å². The van der Waals surface area contributed by atoms with Crippen molar-refractivity contribution in [2.24, 2.45) is 0 Å². The second kappa shape index (κ2) is 13.0. The molecule has 34 heavy (non-hydrogen) atoms. The summed E-state index contributed by atoms with van der Waals surface area (Å²) >= 11 is 12.5. The molecule has 2 amide bonds. The van der Waals surface area contributed by atoms with Crippen molar-refractivity contribution in [3.8, 4) is 5.75 Å². The van der Waals surface area contributed by atoms with E-state index in [1.54, 1.807) is 30.3 Å². The molecular formula is C27H28Cl2N2O3. The second-order valence-electron chi connectivity index (χ2n) is 7.86. The molecule has 0 saturated heterocycles. The van der Waals surface area contributed by atoms with E-state index in [2.05, 4.69) is 5.32 Å². The molecule has 178 valence electrons. The van der Waals surface area contributed by atoms with Crippen LogP contribution in [0.3, 0.4) is 0 Å². The number of para-hydroxylation sites is 1. The Bertz CT molecular complexity index is 1080. The molecule has 0 spiro atoms. The minimum atomic E-state index is -0.743. The van der Waals surface area contributed by atoms with Gasteiger partial charge in [0.2, 0.25) is 5.91 Å². The summed E-state index contributed by atoms with van der Waals surface area (Å²) in [6, 6.07) is 23.1. The van der Waals surface area contributed by atoms with Crippen LogP contribution in [0, 0.1) is 0 Å². The van der Waals surface area contributed by atoms with E-state index in [1.165, 1.54) is 4.90 Å². The van der Waals surface area contributed by atoms with Crippen LogP contribution in [-0.4, -0.2) is 35.9 Å². The average molecular weight is 499 g/mol. The number of rotatable bonds is 11. The monoisotopic (exact) mass is 498 g/mol. The summed E-state index contributed by atoms with van der Waals surface area (Å²) in [5.74, 6) is 0.0432. The number of ether oxygens (including phenoxy) is 1. The molecule has 0 bridgehead atoms. The number of amides is 2. The molecule has 1 atom stereocenters. The molecule has 0 heterocycles. The Hall–Kier alpha value is -3.02. The van der Waals surface area contributed by atoms with Gasteiger partial charge in [0.05, 0.1) is 0 Å². The molecule has 0 aromatic heterocycles. The highest BCUT2D eigenvalue weighted by molar-refractivity contribution is 6.35. The van der Waals surface area contributed by atoms with Crippen molar-refractivity contribution < 1.29 is 14.3 Å². The largest absolute Gasteiger partial charge is 0.484 e. The van der Waals surface area contributed by atoms with Gasteiger partial charge in [0.25, 0.3) is 5.91 Å². The molecule has 0 saturated carbocycles. The molecule has 0 aliphatic carbocycles. The molecule has 0 aliphatic heterocycles. The zero-order chi connectivity index (χ0) is 24.3. The van der Waals surface area contributed by atoms with Crippen LogP contribution < -0.4 is 10.1 Å². The Morgan fingerprint density at radius 2 is 1.65 bits per heavy atom. The number of hydrogen-bond acceptors (Lipinski definition) is 3. The van der Waals surface area contributed by atoms with E-state index < -0.39 is 6.04 Å². The van der Waals surface area contributed by atoms with E-state index in [1.807, 2.05) is 55.5 Å². The van der Waals surface area contributed by atoms with Crippen molar-refractivity contribution in [2.75, 3.05) is 13.2 Å². The minimum absolute atomic E-state index is 0.143. The van der Waals surface area contributed by atoms with Gasteiger partial charge in [-0.05, 0) is 41.8 Å². The lowest BCUT2D eigenvalue weighted by atomic mass is 10.0. The van der Waals surface area contributed by atoms with Crippen LogP contribution in [0.25, 0.3) is 0 Å². The third-order valence-electron chi connectivity index (χ3n) is 5.28. The number of nitrogens with one attached hydrogen (secondary N) is 1. The van der Waals surface area contributed by atoms with Crippen LogP contribution in [0.2, 0.25) is 10.0 Å². The van der Waals surface area contributed by atoms with Crippen molar-refractivity contribution in [1.82, 2.24) is 10.2 Å². The van der Waals surface area contributed by atoms with Crippen LogP contribution in [0.1, 0.15) is 24.5 Å². The first-order chi connectivity index (χ1) is 16.5. The molecule has 3 aromatic carbocycles. The number of hydrogen-bond donors (Lipinski definition) is 1. The Labute approximate surface area is 210 Å². The first-order valence-electron chi connectivity index (χ1n) is 11.2. The van der Waals surface area contributed by atoms with Crippen molar-refractivity contribution in [3.05, 3.63) is 100 Å². The summed E-state index contributed by atoms with van der Waals surface area (Å²) in [5.41, 5.74) is 1.64. The minimum Gasteiger partial charge on any atom is -0.484 e. The van der Waals surface area contributed by atoms with Crippen molar-refractivity contribution in [2.45, 2.75) is 32.4 Å².